The van der Waals surface area contributed by atoms with Crippen LogP contribution in [-0.2, 0) is 11.3 Å². The van der Waals surface area contributed by atoms with Crippen molar-refractivity contribution in [1.29, 1.82) is 0 Å². The molecule has 0 spiro atoms. The summed E-state index contributed by atoms with van der Waals surface area (Å²) in [5.41, 5.74) is 0.674. The van der Waals surface area contributed by atoms with Gasteiger partial charge in [0.1, 0.15) is 4.83 Å². The van der Waals surface area contributed by atoms with Crippen molar-refractivity contribution in [2.24, 2.45) is 0 Å². The van der Waals surface area contributed by atoms with E-state index in [-0.39, 0.29) is 17.6 Å². The second-order valence-corrected chi connectivity index (χ2v) is 7.71. The largest absolute Gasteiger partial charge is 0.379 e. The molecule has 2 aromatic heterocycles. The van der Waals surface area contributed by atoms with E-state index in [1.807, 2.05) is 20.8 Å². The molecule has 0 bridgehead atoms. The molecule has 144 valence electrons. The minimum Gasteiger partial charge on any atom is -0.379 e. The van der Waals surface area contributed by atoms with Gasteiger partial charge in [0.15, 0.2) is 0 Å². The standard InChI is InChI=1S/C19H29N3O3S/c1-5-6-7-10-22-12-21-18-15(19(22)24)14(4)16(26-18)17(23)20-9-8-11-25-13(2)3/h12-13H,5-11H2,1-4H3,(H,20,23). The van der Waals surface area contributed by atoms with Crippen LogP contribution in [0.15, 0.2) is 11.1 Å². The third kappa shape index (κ3) is 5.14. The number of carbonyl (C=O) groups excluding carboxylic acids is 1. The number of ether oxygens (including phenoxy) is 1. The molecule has 0 aliphatic rings. The Bertz CT molecular complexity index is 795. The van der Waals surface area contributed by atoms with Crippen molar-refractivity contribution in [1.82, 2.24) is 14.9 Å². The predicted octanol–water partition coefficient (Wildman–Crippen LogP) is 3.50. The number of hydrogen-bond acceptors (Lipinski definition) is 5. The molecule has 7 heteroatoms. The number of nitrogens with zero attached hydrogens (tertiary/aromatic N) is 2. The van der Waals surface area contributed by atoms with Crippen LogP contribution in [0.5, 0.6) is 0 Å². The minimum atomic E-state index is -0.146. The molecular weight excluding hydrogens is 350 g/mol. The maximum Gasteiger partial charge on any atom is 0.262 e. The first kappa shape index (κ1) is 20.6. The molecule has 2 rings (SSSR count). The van der Waals surface area contributed by atoms with Crippen LogP contribution in [0.4, 0.5) is 0 Å². The van der Waals surface area contributed by atoms with E-state index in [0.717, 1.165) is 31.2 Å². The highest BCUT2D eigenvalue weighted by Crippen LogP contribution is 2.26. The summed E-state index contributed by atoms with van der Waals surface area (Å²) in [6.45, 7) is 9.77. The van der Waals surface area contributed by atoms with E-state index in [2.05, 4.69) is 17.2 Å². The highest BCUT2D eigenvalue weighted by Gasteiger charge is 2.19. The number of unbranched alkanes of at least 4 members (excludes halogenated alkanes) is 2. The van der Waals surface area contributed by atoms with Gasteiger partial charge in [-0.2, -0.15) is 0 Å². The summed E-state index contributed by atoms with van der Waals surface area (Å²) in [5.74, 6) is -0.146. The number of nitrogens with one attached hydrogen (secondary N) is 1. The van der Waals surface area contributed by atoms with E-state index in [1.54, 1.807) is 10.9 Å². The van der Waals surface area contributed by atoms with Crippen molar-refractivity contribution < 1.29 is 9.53 Å². The van der Waals surface area contributed by atoms with Gasteiger partial charge in [-0.25, -0.2) is 4.98 Å². The number of thiophene rings is 1. The Morgan fingerprint density at radius 1 is 1.35 bits per heavy atom. The maximum absolute atomic E-state index is 12.7. The first-order valence-electron chi connectivity index (χ1n) is 9.34. The molecule has 0 aliphatic carbocycles. The summed E-state index contributed by atoms with van der Waals surface area (Å²) in [7, 11) is 0. The van der Waals surface area contributed by atoms with Gasteiger partial charge < -0.3 is 10.1 Å². The topological polar surface area (TPSA) is 73.2 Å². The molecule has 1 amide bonds. The molecule has 26 heavy (non-hydrogen) atoms. The number of aromatic nitrogens is 2. The van der Waals surface area contributed by atoms with Crippen LogP contribution in [0.2, 0.25) is 0 Å². The molecule has 0 aromatic carbocycles. The third-order valence-corrected chi connectivity index (χ3v) is 5.38. The lowest BCUT2D eigenvalue weighted by Crippen LogP contribution is -2.25. The average molecular weight is 380 g/mol. The van der Waals surface area contributed by atoms with Gasteiger partial charge in [-0.1, -0.05) is 19.8 Å². The molecule has 0 fully saturated rings. The molecule has 0 unspecified atom stereocenters. The Labute approximate surface area is 158 Å². The van der Waals surface area contributed by atoms with Crippen molar-refractivity contribution in [2.75, 3.05) is 13.2 Å². The van der Waals surface area contributed by atoms with Gasteiger partial charge in [0, 0.05) is 19.7 Å². The summed E-state index contributed by atoms with van der Waals surface area (Å²) < 4.78 is 7.12. The number of carbonyl (C=O) groups is 1. The molecule has 2 heterocycles. The summed E-state index contributed by atoms with van der Waals surface area (Å²) in [5, 5.41) is 3.48. The number of fused-ring (bicyclic) bond motifs is 1. The maximum atomic E-state index is 12.7. The minimum absolute atomic E-state index is 0.0516. The van der Waals surface area contributed by atoms with Gasteiger partial charge in [0.25, 0.3) is 11.5 Å². The smallest absolute Gasteiger partial charge is 0.262 e. The lowest BCUT2D eigenvalue weighted by molar-refractivity contribution is 0.0757. The number of hydrogen-bond donors (Lipinski definition) is 1. The molecule has 1 N–H and O–H groups in total. The van der Waals surface area contributed by atoms with Crippen molar-refractivity contribution in [3.05, 3.63) is 27.1 Å². The second-order valence-electron chi connectivity index (χ2n) is 6.72. The summed E-state index contributed by atoms with van der Waals surface area (Å²) in [4.78, 5) is 30.8. The Kier molecular flexibility index (Phi) is 7.78. The Morgan fingerprint density at radius 3 is 2.81 bits per heavy atom. The summed E-state index contributed by atoms with van der Waals surface area (Å²) in [6, 6.07) is 0. The van der Waals surface area contributed by atoms with Crippen molar-refractivity contribution >= 4 is 27.5 Å². The van der Waals surface area contributed by atoms with Crippen LogP contribution in [0, 0.1) is 6.92 Å². The summed E-state index contributed by atoms with van der Waals surface area (Å²) in [6.07, 6.45) is 5.70. The molecule has 6 nitrogen and oxygen atoms in total. The van der Waals surface area contributed by atoms with Crippen LogP contribution in [0.1, 0.15) is 61.7 Å². The highest BCUT2D eigenvalue weighted by atomic mass is 32.1. The fraction of sp³-hybridized carbons (Fsp3) is 0.632. The lowest BCUT2D eigenvalue weighted by Gasteiger charge is -2.08. The van der Waals surface area contributed by atoms with Gasteiger partial charge in [-0.05, 0) is 39.2 Å². The fourth-order valence-electron chi connectivity index (χ4n) is 2.74. The molecule has 0 saturated carbocycles. The van der Waals surface area contributed by atoms with Gasteiger partial charge in [-0.15, -0.1) is 11.3 Å². The fourth-order valence-corrected chi connectivity index (χ4v) is 3.80. The van der Waals surface area contributed by atoms with Crippen LogP contribution >= 0.6 is 11.3 Å². The van der Waals surface area contributed by atoms with Crippen molar-refractivity contribution in [3.8, 4) is 0 Å². The number of aryl methyl sites for hydroxylation is 2. The Hall–Kier alpha value is -1.73. The van der Waals surface area contributed by atoms with Gasteiger partial charge >= 0.3 is 0 Å². The lowest BCUT2D eigenvalue weighted by atomic mass is 10.2. The zero-order valence-corrected chi connectivity index (χ0v) is 16.9. The van der Waals surface area contributed by atoms with E-state index in [1.165, 1.54) is 11.3 Å². The van der Waals surface area contributed by atoms with Gasteiger partial charge in [0.05, 0.1) is 22.7 Å². The van der Waals surface area contributed by atoms with E-state index in [9.17, 15) is 9.59 Å². The summed E-state index contributed by atoms with van der Waals surface area (Å²) >= 11 is 1.28. The van der Waals surface area contributed by atoms with Gasteiger partial charge in [-0.3, -0.25) is 14.2 Å². The third-order valence-electron chi connectivity index (χ3n) is 4.18. The van der Waals surface area contributed by atoms with E-state index >= 15 is 0 Å². The number of rotatable bonds is 10. The molecule has 0 aliphatic heterocycles. The first-order chi connectivity index (χ1) is 12.5. The number of amides is 1. The molecule has 0 radical (unpaired) electrons. The van der Waals surface area contributed by atoms with Crippen molar-refractivity contribution in [2.45, 2.75) is 66.0 Å². The second kappa shape index (κ2) is 9.83. The molecule has 0 atom stereocenters. The van der Waals surface area contributed by atoms with Gasteiger partial charge in [0.2, 0.25) is 0 Å². The van der Waals surface area contributed by atoms with Crippen molar-refractivity contribution in [3.63, 3.8) is 0 Å². The average Bonchev–Trinajstić information content (AvgIpc) is 2.94. The molecule has 2 aromatic rings. The first-order valence-corrected chi connectivity index (χ1v) is 10.2. The molecule has 0 saturated heterocycles. The Morgan fingerprint density at radius 2 is 2.12 bits per heavy atom. The Balaban J connectivity index is 2.09. The van der Waals surface area contributed by atoms with Crippen LogP contribution in [0.25, 0.3) is 10.2 Å². The van der Waals surface area contributed by atoms with E-state index < -0.39 is 0 Å². The van der Waals surface area contributed by atoms with Crippen LogP contribution in [0.3, 0.4) is 0 Å². The SMILES string of the molecule is CCCCCn1cnc2sc(C(=O)NCCCOC(C)C)c(C)c2c1=O. The normalized spacial score (nSPS) is 11.4. The quantitative estimate of drug-likeness (QED) is 0.641. The van der Waals surface area contributed by atoms with Crippen LogP contribution in [-0.4, -0.2) is 34.7 Å². The molecular formula is C19H29N3O3S. The van der Waals surface area contributed by atoms with Crippen LogP contribution < -0.4 is 10.9 Å². The van der Waals surface area contributed by atoms with E-state index in [0.29, 0.717) is 34.8 Å². The monoisotopic (exact) mass is 379 g/mol. The van der Waals surface area contributed by atoms with E-state index in [4.69, 9.17) is 4.74 Å². The highest BCUT2D eigenvalue weighted by molar-refractivity contribution is 7.20. The zero-order valence-electron chi connectivity index (χ0n) is 16.1. The predicted molar refractivity (Wildman–Crippen MR) is 106 cm³/mol. The zero-order chi connectivity index (χ0) is 19.1.